The molecule has 0 aromatic rings. The Morgan fingerprint density at radius 2 is 2.06 bits per heavy atom. The second-order valence-corrected chi connectivity index (χ2v) is 3.89. The summed E-state index contributed by atoms with van der Waals surface area (Å²) in [5, 5.41) is 3.11. The van der Waals surface area contributed by atoms with Gasteiger partial charge in [-0.1, -0.05) is 0 Å². The fraction of sp³-hybridized carbons (Fsp3) is 0.833. The average Bonchev–Trinajstić information content (AvgIpc) is 2.35. The lowest BCUT2D eigenvalue weighted by atomic mass is 10.3. The molecule has 0 aliphatic heterocycles. The van der Waals surface area contributed by atoms with Gasteiger partial charge < -0.3 is 14.4 Å². The first-order valence-corrected chi connectivity index (χ1v) is 6.18. The summed E-state index contributed by atoms with van der Waals surface area (Å²) in [6.07, 6.45) is 3.20. The Morgan fingerprint density at radius 3 is 2.67 bits per heavy atom. The molecule has 0 saturated carbocycles. The number of methoxy groups -OCH3 is 2. The van der Waals surface area contributed by atoms with Crippen molar-refractivity contribution in [2.24, 2.45) is 4.99 Å². The first-order valence-electron chi connectivity index (χ1n) is 6.18. The van der Waals surface area contributed by atoms with Crippen LogP contribution < -0.4 is 5.32 Å². The van der Waals surface area contributed by atoms with Gasteiger partial charge in [-0.15, -0.1) is 0 Å². The predicted octanol–water partition coefficient (Wildman–Crippen LogP) is 0.483. The zero-order valence-corrected chi connectivity index (χ0v) is 11.6. The van der Waals surface area contributed by atoms with Crippen LogP contribution >= 0.6 is 0 Å². The average molecular weight is 259 g/mol. The van der Waals surface area contributed by atoms with Crippen LogP contribution in [0.15, 0.2) is 4.99 Å². The Labute approximate surface area is 109 Å². The normalized spacial score (nSPS) is 10.8. The Hall–Kier alpha value is -1.14. The number of amides is 1. The molecular formula is C12H25N3O3. The maximum atomic E-state index is 11.4. The number of rotatable bonds is 11. The van der Waals surface area contributed by atoms with Crippen molar-refractivity contribution in [2.75, 3.05) is 47.1 Å². The van der Waals surface area contributed by atoms with E-state index in [1.807, 2.05) is 4.90 Å². The van der Waals surface area contributed by atoms with Crippen LogP contribution in [0, 0.1) is 0 Å². The molecule has 6 heteroatoms. The monoisotopic (exact) mass is 259 g/mol. The van der Waals surface area contributed by atoms with Crippen molar-refractivity contribution in [2.45, 2.75) is 19.8 Å². The number of nitrogens with zero attached hydrogens (tertiary/aromatic N) is 2. The van der Waals surface area contributed by atoms with E-state index in [1.54, 1.807) is 21.1 Å². The van der Waals surface area contributed by atoms with E-state index in [2.05, 4.69) is 10.3 Å². The highest BCUT2D eigenvalue weighted by Crippen LogP contribution is 1.95. The molecule has 0 saturated heterocycles. The minimum absolute atomic E-state index is 0.109. The summed E-state index contributed by atoms with van der Waals surface area (Å²) < 4.78 is 9.59. The lowest BCUT2D eigenvalue weighted by molar-refractivity contribution is -0.128. The van der Waals surface area contributed by atoms with Crippen molar-refractivity contribution in [3.05, 3.63) is 0 Å². The predicted molar refractivity (Wildman–Crippen MR) is 71.7 cm³/mol. The minimum Gasteiger partial charge on any atom is -0.487 e. The number of nitrogens with one attached hydrogen (secondary N) is 1. The van der Waals surface area contributed by atoms with Crippen molar-refractivity contribution in [1.82, 2.24) is 10.2 Å². The van der Waals surface area contributed by atoms with Gasteiger partial charge in [0.15, 0.2) is 6.40 Å². The highest BCUT2D eigenvalue weighted by atomic mass is 16.5. The van der Waals surface area contributed by atoms with Crippen molar-refractivity contribution < 1.29 is 14.3 Å². The molecule has 0 aliphatic rings. The fourth-order valence-electron chi connectivity index (χ4n) is 1.48. The number of hydrogen-bond acceptors (Lipinski definition) is 5. The van der Waals surface area contributed by atoms with E-state index in [9.17, 15) is 4.79 Å². The maximum Gasteiger partial charge on any atom is 0.219 e. The molecule has 0 radical (unpaired) electrons. The second-order valence-electron chi connectivity index (χ2n) is 3.89. The second kappa shape index (κ2) is 12.3. The third-order valence-electron chi connectivity index (χ3n) is 2.37. The molecule has 0 fully saturated rings. The first-order chi connectivity index (χ1) is 8.72. The molecule has 6 nitrogen and oxygen atoms in total. The quantitative estimate of drug-likeness (QED) is 0.254. The molecule has 0 spiro atoms. The molecular weight excluding hydrogens is 234 g/mol. The molecule has 0 aromatic heterocycles. The molecule has 0 bridgehead atoms. The van der Waals surface area contributed by atoms with E-state index in [-0.39, 0.29) is 5.91 Å². The standard InChI is InChI=1S/C12H25N3O3/c1-12(16)15(8-4-6-13-10-17-2)9-5-7-14-11-18-3/h10,14H,4-9,11H2,1-3H3/b13-10-. The largest absolute Gasteiger partial charge is 0.487 e. The van der Waals surface area contributed by atoms with E-state index in [4.69, 9.17) is 9.47 Å². The number of carbonyl (C=O) groups excluding carboxylic acids is 1. The highest BCUT2D eigenvalue weighted by molar-refractivity contribution is 5.73. The smallest absolute Gasteiger partial charge is 0.219 e. The van der Waals surface area contributed by atoms with Gasteiger partial charge in [-0.25, -0.2) is 0 Å². The van der Waals surface area contributed by atoms with Crippen LogP contribution in [0.5, 0.6) is 0 Å². The van der Waals surface area contributed by atoms with Gasteiger partial charge in [0.25, 0.3) is 0 Å². The van der Waals surface area contributed by atoms with Crippen LogP contribution in [-0.2, 0) is 14.3 Å². The Kier molecular flexibility index (Phi) is 11.5. The Balaban J connectivity index is 3.65. The lowest BCUT2D eigenvalue weighted by Crippen LogP contribution is -2.33. The van der Waals surface area contributed by atoms with Gasteiger partial charge in [0, 0.05) is 33.7 Å². The SMILES string of the molecule is CO/C=N\CCCN(CCCNCOC)C(C)=O. The summed E-state index contributed by atoms with van der Waals surface area (Å²) in [7, 11) is 3.22. The van der Waals surface area contributed by atoms with Crippen molar-refractivity contribution in [3.8, 4) is 0 Å². The maximum absolute atomic E-state index is 11.4. The van der Waals surface area contributed by atoms with Crippen LogP contribution in [0.1, 0.15) is 19.8 Å². The molecule has 18 heavy (non-hydrogen) atoms. The van der Waals surface area contributed by atoms with Crippen LogP contribution in [0.2, 0.25) is 0 Å². The molecule has 106 valence electrons. The van der Waals surface area contributed by atoms with Gasteiger partial charge >= 0.3 is 0 Å². The number of ether oxygens (including phenoxy) is 2. The van der Waals surface area contributed by atoms with Gasteiger partial charge in [-0.05, 0) is 19.4 Å². The summed E-state index contributed by atoms with van der Waals surface area (Å²) in [6.45, 7) is 5.17. The van der Waals surface area contributed by atoms with E-state index < -0.39 is 0 Å². The van der Waals surface area contributed by atoms with Crippen LogP contribution in [0.4, 0.5) is 0 Å². The highest BCUT2D eigenvalue weighted by Gasteiger charge is 2.06. The molecule has 0 aromatic carbocycles. The van der Waals surface area contributed by atoms with Crippen LogP contribution in [0.3, 0.4) is 0 Å². The summed E-state index contributed by atoms with van der Waals surface area (Å²) in [5.74, 6) is 0.109. The molecule has 0 aliphatic carbocycles. The Bertz CT molecular complexity index is 235. The first kappa shape index (κ1) is 16.9. The van der Waals surface area contributed by atoms with Crippen LogP contribution in [0.25, 0.3) is 0 Å². The van der Waals surface area contributed by atoms with Gasteiger partial charge in [0.1, 0.15) is 0 Å². The third-order valence-corrected chi connectivity index (χ3v) is 2.37. The van der Waals surface area contributed by atoms with E-state index >= 15 is 0 Å². The van der Waals surface area contributed by atoms with Crippen LogP contribution in [-0.4, -0.2) is 64.3 Å². The van der Waals surface area contributed by atoms with E-state index in [0.29, 0.717) is 13.3 Å². The minimum atomic E-state index is 0.109. The van der Waals surface area contributed by atoms with Crippen molar-refractivity contribution >= 4 is 12.3 Å². The number of carbonyl (C=O) groups is 1. The third kappa shape index (κ3) is 10.0. The molecule has 1 N–H and O–H groups in total. The van der Waals surface area contributed by atoms with Gasteiger partial charge in [0.05, 0.1) is 13.8 Å². The fourth-order valence-corrected chi connectivity index (χ4v) is 1.48. The molecule has 1 amide bonds. The van der Waals surface area contributed by atoms with E-state index in [0.717, 1.165) is 32.5 Å². The Morgan fingerprint density at radius 1 is 1.33 bits per heavy atom. The zero-order chi connectivity index (χ0) is 13.6. The van der Waals surface area contributed by atoms with Gasteiger partial charge in [-0.2, -0.15) is 0 Å². The molecule has 0 rings (SSSR count). The van der Waals surface area contributed by atoms with Gasteiger partial charge in [0.2, 0.25) is 5.91 Å². The zero-order valence-electron chi connectivity index (χ0n) is 11.6. The van der Waals surface area contributed by atoms with Crippen molar-refractivity contribution in [3.63, 3.8) is 0 Å². The number of aliphatic imine (C=N–C) groups is 1. The van der Waals surface area contributed by atoms with Crippen molar-refractivity contribution in [1.29, 1.82) is 0 Å². The molecule has 0 unspecified atom stereocenters. The molecule has 0 atom stereocenters. The summed E-state index contributed by atoms with van der Waals surface area (Å²) in [6, 6.07) is 0. The van der Waals surface area contributed by atoms with E-state index in [1.165, 1.54) is 6.40 Å². The molecule has 0 heterocycles. The topological polar surface area (TPSA) is 63.2 Å². The summed E-state index contributed by atoms with van der Waals surface area (Å²) >= 11 is 0. The summed E-state index contributed by atoms with van der Waals surface area (Å²) in [5.41, 5.74) is 0. The lowest BCUT2D eigenvalue weighted by Gasteiger charge is -2.20. The van der Waals surface area contributed by atoms with Gasteiger partial charge in [-0.3, -0.25) is 15.1 Å². The number of hydrogen-bond donors (Lipinski definition) is 1. The summed E-state index contributed by atoms with van der Waals surface area (Å²) in [4.78, 5) is 17.3.